The summed E-state index contributed by atoms with van der Waals surface area (Å²) >= 11 is 0. The number of hydrogen-bond acceptors (Lipinski definition) is 3. The Kier molecular flexibility index (Phi) is 2.53. The van der Waals surface area contributed by atoms with Crippen LogP contribution in [0.2, 0.25) is 0 Å². The van der Waals surface area contributed by atoms with E-state index in [1.54, 1.807) is 7.11 Å². The van der Waals surface area contributed by atoms with Crippen LogP contribution in [0.4, 0.5) is 0 Å². The monoisotopic (exact) mass is 227 g/mol. The molecular formula is C14H13NO2. The molecular weight excluding hydrogens is 214 g/mol. The molecule has 0 aliphatic carbocycles. The fourth-order valence-corrected chi connectivity index (χ4v) is 2.02. The molecule has 1 unspecified atom stereocenters. The number of rotatable bonds is 2. The predicted octanol–water partition coefficient (Wildman–Crippen LogP) is 2.94. The Bertz CT molecular complexity index is 577. The molecule has 3 rings (SSSR count). The fourth-order valence-electron chi connectivity index (χ4n) is 2.02. The summed E-state index contributed by atoms with van der Waals surface area (Å²) in [6.07, 6.45) is 0.464. The van der Waals surface area contributed by atoms with Crippen molar-refractivity contribution in [2.45, 2.75) is 12.7 Å². The van der Waals surface area contributed by atoms with E-state index in [1.165, 1.54) is 10.8 Å². The van der Waals surface area contributed by atoms with Crippen molar-refractivity contribution in [1.29, 1.82) is 0 Å². The second-order valence-electron chi connectivity index (χ2n) is 4.07. The highest BCUT2D eigenvalue weighted by atomic mass is 16.8. The number of hydrogen-bond donors (Lipinski definition) is 0. The largest absolute Gasteiger partial charge is 0.363 e. The SMILES string of the molecule is COC1CC(c2ccc3ccccc3c2)=NO1. The Hall–Kier alpha value is -1.87. The van der Waals surface area contributed by atoms with Crippen molar-refractivity contribution in [2.24, 2.45) is 5.16 Å². The summed E-state index contributed by atoms with van der Waals surface area (Å²) in [5.74, 6) is 0. The Balaban J connectivity index is 1.96. The van der Waals surface area contributed by atoms with Gasteiger partial charge in [-0.1, -0.05) is 41.6 Å². The van der Waals surface area contributed by atoms with Gasteiger partial charge in [0.25, 0.3) is 0 Å². The van der Waals surface area contributed by atoms with Gasteiger partial charge in [0.05, 0.1) is 12.1 Å². The minimum absolute atomic E-state index is 0.239. The van der Waals surface area contributed by atoms with E-state index >= 15 is 0 Å². The number of oxime groups is 1. The Morgan fingerprint density at radius 2 is 2.00 bits per heavy atom. The van der Waals surface area contributed by atoms with E-state index in [0.717, 1.165) is 11.3 Å². The summed E-state index contributed by atoms with van der Waals surface area (Å²) in [5, 5.41) is 6.51. The molecule has 0 bridgehead atoms. The van der Waals surface area contributed by atoms with Gasteiger partial charge in [0, 0.05) is 12.7 Å². The van der Waals surface area contributed by atoms with Crippen molar-refractivity contribution in [1.82, 2.24) is 0 Å². The molecule has 2 aromatic rings. The molecule has 17 heavy (non-hydrogen) atoms. The molecule has 2 aromatic carbocycles. The van der Waals surface area contributed by atoms with Crippen LogP contribution in [0.5, 0.6) is 0 Å². The third-order valence-corrected chi connectivity index (χ3v) is 2.99. The lowest BCUT2D eigenvalue weighted by Gasteiger charge is -2.04. The van der Waals surface area contributed by atoms with E-state index in [0.29, 0.717) is 6.42 Å². The van der Waals surface area contributed by atoms with Crippen molar-refractivity contribution in [3.05, 3.63) is 48.0 Å². The van der Waals surface area contributed by atoms with E-state index in [9.17, 15) is 0 Å². The topological polar surface area (TPSA) is 30.8 Å². The molecule has 3 nitrogen and oxygen atoms in total. The maximum absolute atomic E-state index is 5.15. The Morgan fingerprint density at radius 3 is 2.76 bits per heavy atom. The maximum Gasteiger partial charge on any atom is 0.232 e. The van der Waals surface area contributed by atoms with Crippen molar-refractivity contribution < 1.29 is 9.57 Å². The first kappa shape index (κ1) is 10.3. The number of nitrogens with zero attached hydrogens (tertiary/aromatic N) is 1. The lowest BCUT2D eigenvalue weighted by molar-refractivity contribution is -0.103. The minimum atomic E-state index is -0.239. The zero-order valence-electron chi connectivity index (χ0n) is 9.59. The summed E-state index contributed by atoms with van der Waals surface area (Å²) in [6, 6.07) is 14.6. The zero-order valence-corrected chi connectivity index (χ0v) is 9.59. The van der Waals surface area contributed by atoms with E-state index in [4.69, 9.17) is 9.57 Å². The molecule has 0 fully saturated rings. The first-order valence-electron chi connectivity index (χ1n) is 5.61. The van der Waals surface area contributed by atoms with Crippen LogP contribution in [0.15, 0.2) is 47.6 Å². The van der Waals surface area contributed by atoms with Crippen LogP contribution in [0.1, 0.15) is 12.0 Å². The fraction of sp³-hybridized carbons (Fsp3) is 0.214. The van der Waals surface area contributed by atoms with Crippen LogP contribution in [0.25, 0.3) is 10.8 Å². The predicted molar refractivity (Wildman–Crippen MR) is 67.0 cm³/mol. The first-order valence-corrected chi connectivity index (χ1v) is 5.61. The summed E-state index contributed by atoms with van der Waals surface area (Å²) in [5.41, 5.74) is 2.05. The van der Waals surface area contributed by atoms with Gasteiger partial charge in [-0.2, -0.15) is 0 Å². The molecule has 3 heteroatoms. The van der Waals surface area contributed by atoms with Gasteiger partial charge in [-0.25, -0.2) is 0 Å². The highest BCUT2D eigenvalue weighted by Crippen LogP contribution is 2.21. The number of fused-ring (bicyclic) bond motifs is 1. The van der Waals surface area contributed by atoms with E-state index < -0.39 is 0 Å². The number of ether oxygens (including phenoxy) is 1. The van der Waals surface area contributed by atoms with Gasteiger partial charge >= 0.3 is 0 Å². The molecule has 0 saturated carbocycles. The zero-order chi connectivity index (χ0) is 11.7. The van der Waals surface area contributed by atoms with Gasteiger partial charge in [0.1, 0.15) is 0 Å². The van der Waals surface area contributed by atoms with Gasteiger partial charge < -0.3 is 9.57 Å². The third-order valence-electron chi connectivity index (χ3n) is 2.99. The van der Waals surface area contributed by atoms with Gasteiger partial charge in [-0.05, 0) is 16.8 Å². The second kappa shape index (κ2) is 4.18. The summed E-state index contributed by atoms with van der Waals surface area (Å²) < 4.78 is 5.11. The van der Waals surface area contributed by atoms with Crippen LogP contribution in [-0.2, 0) is 9.57 Å². The quantitative estimate of drug-likeness (QED) is 0.789. The minimum Gasteiger partial charge on any atom is -0.363 e. The van der Waals surface area contributed by atoms with Gasteiger partial charge in [-0.15, -0.1) is 0 Å². The molecule has 1 atom stereocenters. The van der Waals surface area contributed by atoms with E-state index in [1.807, 2.05) is 12.1 Å². The average Bonchev–Trinajstić information content (AvgIpc) is 2.87. The van der Waals surface area contributed by atoms with Crippen molar-refractivity contribution in [3.8, 4) is 0 Å². The molecule has 0 amide bonds. The molecule has 86 valence electrons. The smallest absolute Gasteiger partial charge is 0.232 e. The van der Waals surface area contributed by atoms with Crippen molar-refractivity contribution >= 4 is 16.5 Å². The van der Waals surface area contributed by atoms with Crippen molar-refractivity contribution in [2.75, 3.05) is 7.11 Å². The third kappa shape index (κ3) is 1.89. The summed E-state index contributed by atoms with van der Waals surface area (Å²) in [4.78, 5) is 5.15. The second-order valence-corrected chi connectivity index (χ2v) is 4.07. The summed E-state index contributed by atoms with van der Waals surface area (Å²) in [6.45, 7) is 0. The number of methoxy groups -OCH3 is 1. The van der Waals surface area contributed by atoms with E-state index in [-0.39, 0.29) is 6.29 Å². The van der Waals surface area contributed by atoms with Crippen LogP contribution in [0.3, 0.4) is 0 Å². The van der Waals surface area contributed by atoms with Gasteiger partial charge in [0.15, 0.2) is 0 Å². The molecule has 1 heterocycles. The van der Waals surface area contributed by atoms with E-state index in [2.05, 4.69) is 35.5 Å². The van der Waals surface area contributed by atoms with Crippen LogP contribution < -0.4 is 0 Å². The molecule has 0 spiro atoms. The standard InChI is InChI=1S/C14H13NO2/c1-16-14-9-13(15-17-14)12-7-6-10-4-2-3-5-11(10)8-12/h2-8,14H,9H2,1H3. The normalized spacial score (nSPS) is 19.1. The molecule has 1 aliphatic heterocycles. The van der Waals surface area contributed by atoms with Crippen LogP contribution in [-0.4, -0.2) is 19.1 Å². The molecule has 0 N–H and O–H groups in total. The van der Waals surface area contributed by atoms with Crippen molar-refractivity contribution in [3.63, 3.8) is 0 Å². The lowest BCUT2D eigenvalue weighted by atomic mass is 10.0. The molecule has 0 radical (unpaired) electrons. The van der Waals surface area contributed by atoms with Gasteiger partial charge in [-0.3, -0.25) is 0 Å². The molecule has 0 aromatic heterocycles. The average molecular weight is 227 g/mol. The summed E-state index contributed by atoms with van der Waals surface area (Å²) in [7, 11) is 1.63. The Morgan fingerprint density at radius 1 is 1.18 bits per heavy atom. The number of benzene rings is 2. The highest BCUT2D eigenvalue weighted by Gasteiger charge is 2.21. The van der Waals surface area contributed by atoms with Gasteiger partial charge in [0.2, 0.25) is 6.29 Å². The van der Waals surface area contributed by atoms with Crippen LogP contribution >= 0.6 is 0 Å². The lowest BCUT2D eigenvalue weighted by Crippen LogP contribution is -2.10. The highest BCUT2D eigenvalue weighted by molar-refractivity contribution is 6.03. The Labute approximate surface area is 99.6 Å². The van der Waals surface area contributed by atoms with Crippen LogP contribution in [0, 0.1) is 0 Å². The first-order chi connectivity index (χ1) is 8.36. The molecule has 0 saturated heterocycles. The molecule has 1 aliphatic rings. The maximum atomic E-state index is 5.15.